The van der Waals surface area contributed by atoms with E-state index in [4.69, 9.17) is 23.2 Å². The van der Waals surface area contributed by atoms with Crippen molar-refractivity contribution >= 4 is 50.8 Å². The van der Waals surface area contributed by atoms with Gasteiger partial charge >= 0.3 is 0 Å². The van der Waals surface area contributed by atoms with Gasteiger partial charge in [-0.15, -0.1) is 0 Å². The standard InChI is InChI=1S/C15H11BrCl2N2O/c1-9(10-2-4-11(16)5-3-10)19-20-15(21)13-7-6-12(17)8-14(13)18/h2-8H,1H3,(H,20,21)/b19-9+. The topological polar surface area (TPSA) is 41.5 Å². The van der Waals surface area contributed by atoms with E-state index in [-0.39, 0.29) is 10.9 Å². The minimum Gasteiger partial charge on any atom is -0.267 e. The van der Waals surface area contributed by atoms with Crippen LogP contribution in [0.15, 0.2) is 52.0 Å². The molecule has 1 amide bonds. The molecule has 6 heteroatoms. The number of halogens is 3. The SMILES string of the molecule is C/C(=N\NC(=O)c1ccc(Cl)cc1Cl)c1ccc(Br)cc1. The van der Waals surface area contributed by atoms with Crippen molar-refractivity contribution in [2.45, 2.75) is 6.92 Å². The minimum absolute atomic E-state index is 0.288. The maximum Gasteiger partial charge on any atom is 0.272 e. The van der Waals surface area contributed by atoms with E-state index < -0.39 is 0 Å². The maximum atomic E-state index is 12.0. The van der Waals surface area contributed by atoms with Gasteiger partial charge in [-0.25, -0.2) is 5.43 Å². The molecule has 0 spiro atoms. The fraction of sp³-hybridized carbons (Fsp3) is 0.0667. The summed E-state index contributed by atoms with van der Waals surface area (Å²) in [7, 11) is 0. The van der Waals surface area contributed by atoms with Crippen molar-refractivity contribution in [2.24, 2.45) is 5.10 Å². The van der Waals surface area contributed by atoms with E-state index >= 15 is 0 Å². The van der Waals surface area contributed by atoms with Crippen LogP contribution in [0.1, 0.15) is 22.8 Å². The molecule has 0 fully saturated rings. The molecule has 0 aliphatic heterocycles. The molecule has 21 heavy (non-hydrogen) atoms. The molecule has 0 saturated carbocycles. The second-order valence-corrected chi connectivity index (χ2v) is 6.03. The van der Waals surface area contributed by atoms with Crippen LogP contribution in [0.4, 0.5) is 0 Å². The number of rotatable bonds is 3. The number of carbonyl (C=O) groups excluding carboxylic acids is 1. The van der Waals surface area contributed by atoms with Crippen LogP contribution >= 0.6 is 39.1 Å². The second-order valence-electron chi connectivity index (χ2n) is 4.27. The van der Waals surface area contributed by atoms with Gasteiger partial charge in [0.1, 0.15) is 0 Å². The first-order valence-electron chi connectivity index (χ1n) is 6.03. The van der Waals surface area contributed by atoms with Crippen molar-refractivity contribution in [1.29, 1.82) is 0 Å². The Labute approximate surface area is 141 Å². The molecule has 2 rings (SSSR count). The molecule has 0 heterocycles. The van der Waals surface area contributed by atoms with Crippen LogP contribution in [0.2, 0.25) is 10.0 Å². The highest BCUT2D eigenvalue weighted by Gasteiger charge is 2.10. The van der Waals surface area contributed by atoms with Crippen LogP contribution in [-0.4, -0.2) is 11.6 Å². The molecular formula is C15H11BrCl2N2O. The summed E-state index contributed by atoms with van der Waals surface area (Å²) in [6, 6.07) is 12.3. The molecule has 0 aliphatic rings. The number of amides is 1. The molecule has 0 saturated heterocycles. The van der Waals surface area contributed by atoms with E-state index in [9.17, 15) is 4.79 Å². The van der Waals surface area contributed by atoms with Crippen molar-refractivity contribution in [3.05, 3.63) is 68.1 Å². The molecule has 1 N–H and O–H groups in total. The number of nitrogens with one attached hydrogen (secondary N) is 1. The lowest BCUT2D eigenvalue weighted by molar-refractivity contribution is 0.0955. The van der Waals surface area contributed by atoms with Gasteiger partial charge in [-0.3, -0.25) is 4.79 Å². The second kappa shape index (κ2) is 7.07. The monoisotopic (exact) mass is 384 g/mol. The van der Waals surface area contributed by atoms with Gasteiger partial charge in [0.2, 0.25) is 0 Å². The molecule has 0 aliphatic carbocycles. The molecule has 2 aromatic rings. The fourth-order valence-electron chi connectivity index (χ4n) is 1.62. The maximum absolute atomic E-state index is 12.0. The zero-order chi connectivity index (χ0) is 15.4. The number of hydrogen-bond donors (Lipinski definition) is 1. The molecule has 3 nitrogen and oxygen atoms in total. The van der Waals surface area contributed by atoms with Crippen LogP contribution in [0.25, 0.3) is 0 Å². The summed E-state index contributed by atoms with van der Waals surface area (Å²) in [5, 5.41) is 4.84. The number of carbonyl (C=O) groups is 1. The molecule has 0 bridgehead atoms. The number of benzene rings is 2. The Balaban J connectivity index is 2.12. The summed E-state index contributed by atoms with van der Waals surface area (Å²) < 4.78 is 0.982. The molecule has 0 radical (unpaired) electrons. The molecule has 0 aromatic heterocycles. The smallest absolute Gasteiger partial charge is 0.267 e. The highest BCUT2D eigenvalue weighted by molar-refractivity contribution is 9.10. The summed E-state index contributed by atoms with van der Waals surface area (Å²) in [5.74, 6) is -0.381. The van der Waals surface area contributed by atoms with E-state index in [1.54, 1.807) is 12.1 Å². The first-order valence-corrected chi connectivity index (χ1v) is 7.58. The lowest BCUT2D eigenvalue weighted by Crippen LogP contribution is -2.19. The lowest BCUT2D eigenvalue weighted by atomic mass is 10.1. The normalized spacial score (nSPS) is 11.3. The van der Waals surface area contributed by atoms with E-state index in [0.717, 1.165) is 10.0 Å². The van der Waals surface area contributed by atoms with Crippen molar-refractivity contribution in [3.63, 3.8) is 0 Å². The quantitative estimate of drug-likeness (QED) is 0.591. The highest BCUT2D eigenvalue weighted by atomic mass is 79.9. The van der Waals surface area contributed by atoms with E-state index in [0.29, 0.717) is 16.3 Å². The molecule has 2 aromatic carbocycles. The Bertz CT molecular complexity index is 699. The van der Waals surface area contributed by atoms with Gasteiger partial charge in [0.25, 0.3) is 5.91 Å². The zero-order valence-corrected chi connectivity index (χ0v) is 14.1. The molecule has 108 valence electrons. The summed E-state index contributed by atoms with van der Waals surface area (Å²) in [5.41, 5.74) is 4.42. The first-order chi connectivity index (χ1) is 9.97. The van der Waals surface area contributed by atoms with Gasteiger partial charge in [-0.05, 0) is 42.8 Å². The average Bonchev–Trinajstić information content (AvgIpc) is 2.45. The Morgan fingerprint density at radius 3 is 2.43 bits per heavy atom. The molecule has 0 unspecified atom stereocenters. The van der Waals surface area contributed by atoms with Gasteiger partial charge < -0.3 is 0 Å². The summed E-state index contributed by atoms with van der Waals surface area (Å²) in [6.07, 6.45) is 0. The van der Waals surface area contributed by atoms with Gasteiger partial charge in [-0.1, -0.05) is 51.3 Å². The summed E-state index contributed by atoms with van der Waals surface area (Å²) in [4.78, 5) is 12.0. The fourth-order valence-corrected chi connectivity index (χ4v) is 2.38. The third-order valence-corrected chi connectivity index (χ3v) is 3.84. The number of hydrogen-bond acceptors (Lipinski definition) is 2. The van der Waals surface area contributed by atoms with Crippen molar-refractivity contribution in [2.75, 3.05) is 0 Å². The van der Waals surface area contributed by atoms with Crippen molar-refractivity contribution in [1.82, 2.24) is 5.43 Å². The van der Waals surface area contributed by atoms with Crippen LogP contribution < -0.4 is 5.43 Å². The zero-order valence-electron chi connectivity index (χ0n) is 11.0. The van der Waals surface area contributed by atoms with Crippen LogP contribution in [0.3, 0.4) is 0 Å². The van der Waals surface area contributed by atoms with Crippen molar-refractivity contribution < 1.29 is 4.79 Å². The van der Waals surface area contributed by atoms with Gasteiger partial charge in [0.05, 0.1) is 16.3 Å². The third-order valence-electron chi connectivity index (χ3n) is 2.76. The Kier molecular flexibility index (Phi) is 5.39. The molecular weight excluding hydrogens is 375 g/mol. The van der Waals surface area contributed by atoms with Gasteiger partial charge in [0, 0.05) is 9.50 Å². The van der Waals surface area contributed by atoms with E-state index in [2.05, 4.69) is 26.5 Å². The van der Waals surface area contributed by atoms with Crippen molar-refractivity contribution in [3.8, 4) is 0 Å². The highest BCUT2D eigenvalue weighted by Crippen LogP contribution is 2.20. The lowest BCUT2D eigenvalue weighted by Gasteiger charge is -2.05. The number of nitrogens with zero attached hydrogens (tertiary/aromatic N) is 1. The average molecular weight is 386 g/mol. The van der Waals surface area contributed by atoms with Gasteiger partial charge in [0.15, 0.2) is 0 Å². The Hall–Kier alpha value is -1.36. The van der Waals surface area contributed by atoms with Crippen LogP contribution in [-0.2, 0) is 0 Å². The predicted octanol–water partition coefficient (Wildman–Crippen LogP) is 4.91. The predicted molar refractivity (Wildman–Crippen MR) is 90.3 cm³/mol. The third kappa shape index (κ3) is 4.30. The Morgan fingerprint density at radius 1 is 1.14 bits per heavy atom. The summed E-state index contributed by atoms with van der Waals surface area (Å²) >= 11 is 15.1. The molecule has 0 atom stereocenters. The Morgan fingerprint density at radius 2 is 1.81 bits per heavy atom. The van der Waals surface area contributed by atoms with E-state index in [1.165, 1.54) is 6.07 Å². The number of hydrazone groups is 1. The van der Waals surface area contributed by atoms with E-state index in [1.807, 2.05) is 31.2 Å². The minimum atomic E-state index is -0.381. The first kappa shape index (κ1) is 16.0. The van der Waals surface area contributed by atoms with Crippen LogP contribution in [0, 0.1) is 0 Å². The van der Waals surface area contributed by atoms with Gasteiger partial charge in [-0.2, -0.15) is 5.10 Å². The summed E-state index contributed by atoms with van der Waals surface area (Å²) in [6.45, 7) is 1.81. The van der Waals surface area contributed by atoms with Crippen LogP contribution in [0.5, 0.6) is 0 Å². The largest absolute Gasteiger partial charge is 0.272 e.